The van der Waals surface area contributed by atoms with Gasteiger partial charge < -0.3 is 19.6 Å². The van der Waals surface area contributed by atoms with Crippen molar-refractivity contribution in [3.8, 4) is 11.5 Å². The summed E-state index contributed by atoms with van der Waals surface area (Å²) < 4.78 is 19.2. The number of anilines is 1. The van der Waals surface area contributed by atoms with Crippen LogP contribution in [0.25, 0.3) is 10.8 Å². The highest BCUT2D eigenvalue weighted by atomic mass is 35.5. The summed E-state index contributed by atoms with van der Waals surface area (Å²) >= 11 is 5.87. The Morgan fingerprint density at radius 3 is 2.42 bits per heavy atom. The molecule has 0 aliphatic carbocycles. The van der Waals surface area contributed by atoms with E-state index in [-0.39, 0.29) is 34.7 Å². The Morgan fingerprint density at radius 1 is 0.975 bits per heavy atom. The van der Waals surface area contributed by atoms with Crippen LogP contribution in [0, 0.1) is 5.82 Å². The van der Waals surface area contributed by atoms with E-state index < -0.39 is 5.91 Å². The number of nitrogens with zero attached hydrogens (tertiary/aromatic N) is 3. The Balaban J connectivity index is 1.20. The van der Waals surface area contributed by atoms with E-state index in [0.717, 1.165) is 22.0 Å². The predicted molar refractivity (Wildman–Crippen MR) is 153 cm³/mol. The summed E-state index contributed by atoms with van der Waals surface area (Å²) in [7, 11) is 0. The number of benzene rings is 4. The largest absolute Gasteiger partial charge is 0.506 e. The Bertz CT molecular complexity index is 1570. The second kappa shape index (κ2) is 12.0. The molecule has 0 bridgehead atoms. The molecule has 0 radical (unpaired) electrons. The number of fused-ring (bicyclic) bond motifs is 1. The lowest BCUT2D eigenvalue weighted by Gasteiger charge is -2.36. The van der Waals surface area contributed by atoms with E-state index in [0.29, 0.717) is 31.9 Å². The molecule has 0 atom stereocenters. The summed E-state index contributed by atoms with van der Waals surface area (Å²) in [6.45, 7) is 2.32. The lowest BCUT2D eigenvalue weighted by atomic mass is 10.0. The Hall–Kier alpha value is -4.63. The average Bonchev–Trinajstić information content (AvgIpc) is 2.98. The van der Waals surface area contributed by atoms with Crippen LogP contribution < -0.4 is 15.1 Å². The van der Waals surface area contributed by atoms with Crippen molar-refractivity contribution in [1.82, 2.24) is 10.3 Å². The molecule has 4 aromatic rings. The van der Waals surface area contributed by atoms with Gasteiger partial charge in [0.15, 0.2) is 6.61 Å². The quantitative estimate of drug-likeness (QED) is 0.249. The number of amides is 2. The number of carbonyl (C=O) groups is 2. The number of rotatable bonds is 7. The zero-order chi connectivity index (χ0) is 28.1. The van der Waals surface area contributed by atoms with Gasteiger partial charge in [-0.2, -0.15) is 5.10 Å². The van der Waals surface area contributed by atoms with Crippen LogP contribution in [0.15, 0.2) is 84.0 Å². The molecule has 5 rings (SSSR count). The van der Waals surface area contributed by atoms with Crippen molar-refractivity contribution in [2.45, 2.75) is 0 Å². The van der Waals surface area contributed by atoms with Gasteiger partial charge in [-0.05, 0) is 60.0 Å². The first-order chi connectivity index (χ1) is 19.4. The molecule has 4 aromatic carbocycles. The fourth-order valence-electron chi connectivity index (χ4n) is 4.50. The number of aromatic hydroxyl groups is 1. The number of hydrazone groups is 1. The first-order valence-corrected chi connectivity index (χ1v) is 13.0. The van der Waals surface area contributed by atoms with E-state index in [9.17, 15) is 19.1 Å². The summed E-state index contributed by atoms with van der Waals surface area (Å²) in [6.07, 6.45) is 1.53. The molecular formula is C30H26ClFN4O4. The third kappa shape index (κ3) is 6.16. The van der Waals surface area contributed by atoms with Crippen LogP contribution in [0.3, 0.4) is 0 Å². The number of hydrogen-bond acceptors (Lipinski definition) is 6. The van der Waals surface area contributed by atoms with E-state index >= 15 is 0 Å². The number of halogens is 2. The number of phenolic OH excluding ortho intramolecular Hbond substituents is 1. The van der Waals surface area contributed by atoms with E-state index in [1.54, 1.807) is 29.2 Å². The molecule has 1 saturated heterocycles. The zero-order valence-corrected chi connectivity index (χ0v) is 22.1. The predicted octanol–water partition coefficient (Wildman–Crippen LogP) is 4.83. The minimum atomic E-state index is -0.473. The Kier molecular flexibility index (Phi) is 8.12. The van der Waals surface area contributed by atoms with Crippen LogP contribution in [-0.2, 0) is 4.79 Å². The number of ether oxygens (including phenoxy) is 1. The number of nitrogens with one attached hydrogen (secondary N) is 1. The molecule has 10 heteroatoms. The van der Waals surface area contributed by atoms with Crippen LogP contribution in [0.4, 0.5) is 10.1 Å². The van der Waals surface area contributed by atoms with Crippen LogP contribution in [-0.4, -0.2) is 60.8 Å². The van der Waals surface area contributed by atoms with Crippen molar-refractivity contribution in [3.05, 3.63) is 101 Å². The maximum Gasteiger partial charge on any atom is 0.271 e. The standard InChI is InChI=1S/C30H26ClFN4O4/c31-26-17-20(5-11-27(26)37)30(39)34-33-18-21-6-12-28(25-4-2-1-3-24(21)25)40-19-29(38)36-15-13-35(14-16-36)23-9-7-22(32)8-10-23/h1-12,17-18,37H,13-16,19H2,(H,34,39). The maximum absolute atomic E-state index is 13.2. The second-order valence-electron chi connectivity index (χ2n) is 9.20. The van der Waals surface area contributed by atoms with Gasteiger partial charge in [0.05, 0.1) is 11.2 Å². The van der Waals surface area contributed by atoms with Gasteiger partial charge in [-0.15, -0.1) is 0 Å². The summed E-state index contributed by atoms with van der Waals surface area (Å²) in [6, 6.07) is 21.6. The monoisotopic (exact) mass is 560 g/mol. The van der Waals surface area contributed by atoms with Crippen LogP contribution in [0.5, 0.6) is 11.5 Å². The molecular weight excluding hydrogens is 535 g/mol. The molecule has 0 saturated carbocycles. The van der Waals surface area contributed by atoms with Gasteiger partial charge in [0.25, 0.3) is 11.8 Å². The maximum atomic E-state index is 13.2. The van der Waals surface area contributed by atoms with Crippen molar-refractivity contribution in [2.75, 3.05) is 37.7 Å². The van der Waals surface area contributed by atoms with E-state index in [4.69, 9.17) is 16.3 Å². The van der Waals surface area contributed by atoms with E-state index in [2.05, 4.69) is 15.4 Å². The van der Waals surface area contributed by atoms with Crippen molar-refractivity contribution in [1.29, 1.82) is 0 Å². The Labute approximate surface area is 235 Å². The molecule has 1 aliphatic heterocycles. The van der Waals surface area contributed by atoms with Crippen LogP contribution in [0.1, 0.15) is 15.9 Å². The number of piperazine rings is 1. The summed E-state index contributed by atoms with van der Waals surface area (Å²) in [5.74, 6) is -0.397. The molecule has 0 unspecified atom stereocenters. The Morgan fingerprint density at radius 2 is 1.70 bits per heavy atom. The summed E-state index contributed by atoms with van der Waals surface area (Å²) in [5.41, 5.74) is 4.39. The van der Waals surface area contributed by atoms with Gasteiger partial charge in [0.2, 0.25) is 0 Å². The third-order valence-corrected chi connectivity index (χ3v) is 6.98. The van der Waals surface area contributed by atoms with Crippen molar-refractivity contribution >= 4 is 46.1 Å². The van der Waals surface area contributed by atoms with E-state index in [1.807, 2.05) is 24.3 Å². The summed E-state index contributed by atoms with van der Waals surface area (Å²) in [4.78, 5) is 29.1. The third-order valence-electron chi connectivity index (χ3n) is 6.67. The topological polar surface area (TPSA) is 94.5 Å². The first-order valence-electron chi connectivity index (χ1n) is 12.6. The molecule has 40 heavy (non-hydrogen) atoms. The molecule has 2 N–H and O–H groups in total. The highest BCUT2D eigenvalue weighted by Crippen LogP contribution is 2.28. The smallest absolute Gasteiger partial charge is 0.271 e. The van der Waals surface area contributed by atoms with Crippen LogP contribution in [0.2, 0.25) is 5.02 Å². The minimum Gasteiger partial charge on any atom is -0.506 e. The lowest BCUT2D eigenvalue weighted by molar-refractivity contribution is -0.133. The molecule has 2 amide bonds. The highest BCUT2D eigenvalue weighted by Gasteiger charge is 2.22. The molecule has 0 spiro atoms. The van der Waals surface area contributed by atoms with Gasteiger partial charge >= 0.3 is 0 Å². The molecule has 8 nitrogen and oxygen atoms in total. The van der Waals surface area contributed by atoms with Crippen LogP contribution >= 0.6 is 11.6 Å². The molecule has 1 aliphatic rings. The fraction of sp³-hybridized carbons (Fsp3) is 0.167. The molecule has 1 heterocycles. The normalized spacial score (nSPS) is 13.6. The summed E-state index contributed by atoms with van der Waals surface area (Å²) in [5, 5.41) is 15.3. The van der Waals surface area contributed by atoms with Gasteiger partial charge in [-0.3, -0.25) is 9.59 Å². The number of carbonyl (C=O) groups excluding carboxylic acids is 2. The second-order valence-corrected chi connectivity index (χ2v) is 9.60. The molecule has 1 fully saturated rings. The molecule has 204 valence electrons. The van der Waals surface area contributed by atoms with Gasteiger partial charge in [0, 0.05) is 48.4 Å². The zero-order valence-electron chi connectivity index (χ0n) is 21.4. The minimum absolute atomic E-state index is 0.0731. The fourth-order valence-corrected chi connectivity index (χ4v) is 4.68. The number of hydrogen-bond donors (Lipinski definition) is 2. The van der Waals surface area contributed by atoms with Gasteiger partial charge in [-0.1, -0.05) is 35.9 Å². The van der Waals surface area contributed by atoms with Gasteiger partial charge in [0.1, 0.15) is 17.3 Å². The average molecular weight is 561 g/mol. The number of phenols is 1. The lowest BCUT2D eigenvalue weighted by Crippen LogP contribution is -2.50. The van der Waals surface area contributed by atoms with E-state index in [1.165, 1.54) is 36.5 Å². The molecule has 0 aromatic heterocycles. The van der Waals surface area contributed by atoms with Gasteiger partial charge in [-0.25, -0.2) is 9.82 Å². The SMILES string of the molecule is O=C(NN=Cc1ccc(OCC(=O)N2CCN(c3ccc(F)cc3)CC2)c2ccccc12)c1ccc(O)c(Cl)c1. The van der Waals surface area contributed by atoms with Crippen molar-refractivity contribution in [2.24, 2.45) is 5.10 Å². The first kappa shape index (κ1) is 27.0. The van der Waals surface area contributed by atoms with Crippen molar-refractivity contribution < 1.29 is 23.8 Å². The van der Waals surface area contributed by atoms with Crippen molar-refractivity contribution in [3.63, 3.8) is 0 Å². The highest BCUT2D eigenvalue weighted by molar-refractivity contribution is 6.32.